The van der Waals surface area contributed by atoms with Crippen molar-refractivity contribution in [1.29, 1.82) is 0 Å². The van der Waals surface area contributed by atoms with Gasteiger partial charge >= 0.3 is 0 Å². The number of para-hydroxylation sites is 1. The lowest BCUT2D eigenvalue weighted by atomic mass is 10.3. The number of hydrogen-bond donors (Lipinski definition) is 1. The number of rotatable bonds is 2. The van der Waals surface area contributed by atoms with Gasteiger partial charge in [0, 0.05) is 18.0 Å². The summed E-state index contributed by atoms with van der Waals surface area (Å²) in [5.41, 5.74) is 1.92. The Bertz CT molecular complexity index is 459. The smallest absolute Gasteiger partial charge is 0.131 e. The first-order valence-corrected chi connectivity index (χ1v) is 5.56. The van der Waals surface area contributed by atoms with E-state index in [2.05, 4.69) is 26.2 Å². The van der Waals surface area contributed by atoms with Gasteiger partial charge in [0.2, 0.25) is 0 Å². The van der Waals surface area contributed by atoms with E-state index in [9.17, 15) is 0 Å². The van der Waals surface area contributed by atoms with Crippen LogP contribution >= 0.6 is 27.5 Å². The van der Waals surface area contributed by atoms with Crippen LogP contribution < -0.4 is 5.32 Å². The number of nitrogens with one attached hydrogen (secondary N) is 1. The number of nitrogens with zero attached hydrogens (tertiary/aromatic N) is 1. The lowest BCUT2D eigenvalue weighted by molar-refractivity contribution is 1.30. The average Bonchev–Trinajstić information content (AvgIpc) is 2.25. The summed E-state index contributed by atoms with van der Waals surface area (Å²) in [6.07, 6.45) is 1.67. The minimum Gasteiger partial charge on any atom is -0.354 e. The summed E-state index contributed by atoms with van der Waals surface area (Å²) in [6.45, 7) is 0. The Hall–Kier alpha value is -1.06. The van der Waals surface area contributed by atoms with Gasteiger partial charge in [-0.3, -0.25) is 0 Å². The maximum Gasteiger partial charge on any atom is 0.131 e. The molecule has 76 valence electrons. The van der Waals surface area contributed by atoms with E-state index in [-0.39, 0.29) is 0 Å². The fraction of sp³-hybridized carbons (Fsp3) is 0. The number of pyridine rings is 1. The number of halogens is 2. The third-order valence-electron chi connectivity index (χ3n) is 1.87. The summed E-state index contributed by atoms with van der Waals surface area (Å²) in [7, 11) is 0. The Morgan fingerprint density at radius 1 is 1.20 bits per heavy atom. The molecule has 0 aliphatic carbocycles. The van der Waals surface area contributed by atoms with Crippen LogP contribution in [0, 0.1) is 0 Å². The molecule has 1 aromatic carbocycles. The van der Waals surface area contributed by atoms with Gasteiger partial charge in [-0.25, -0.2) is 4.98 Å². The molecule has 4 heteroatoms. The fourth-order valence-corrected chi connectivity index (χ4v) is 1.66. The SMILES string of the molecule is Clc1cc(Nc2ccccc2)c(Br)cn1. The molecule has 2 aromatic rings. The van der Waals surface area contributed by atoms with Crippen molar-refractivity contribution in [3.63, 3.8) is 0 Å². The highest BCUT2D eigenvalue weighted by atomic mass is 79.9. The largest absolute Gasteiger partial charge is 0.354 e. The molecule has 1 N–H and O–H groups in total. The van der Waals surface area contributed by atoms with Gasteiger partial charge in [-0.15, -0.1) is 0 Å². The maximum atomic E-state index is 5.81. The highest BCUT2D eigenvalue weighted by Gasteiger charge is 2.01. The molecular formula is C11H8BrClN2. The molecule has 2 rings (SSSR count). The lowest BCUT2D eigenvalue weighted by Crippen LogP contribution is -1.91. The van der Waals surface area contributed by atoms with Gasteiger partial charge in [0.05, 0.1) is 10.2 Å². The van der Waals surface area contributed by atoms with E-state index >= 15 is 0 Å². The van der Waals surface area contributed by atoms with Crippen molar-refractivity contribution in [1.82, 2.24) is 4.98 Å². The number of anilines is 2. The van der Waals surface area contributed by atoms with E-state index in [1.165, 1.54) is 0 Å². The highest BCUT2D eigenvalue weighted by Crippen LogP contribution is 2.26. The molecule has 15 heavy (non-hydrogen) atoms. The molecular weight excluding hydrogens is 275 g/mol. The molecule has 0 saturated carbocycles. The Balaban J connectivity index is 2.28. The van der Waals surface area contributed by atoms with E-state index in [1.807, 2.05) is 30.3 Å². The van der Waals surface area contributed by atoms with Crippen molar-refractivity contribution in [2.75, 3.05) is 5.32 Å². The van der Waals surface area contributed by atoms with Crippen molar-refractivity contribution in [3.8, 4) is 0 Å². The molecule has 0 atom stereocenters. The third-order valence-corrected chi connectivity index (χ3v) is 2.71. The molecule has 0 bridgehead atoms. The van der Waals surface area contributed by atoms with E-state index in [0.29, 0.717) is 5.15 Å². The fourth-order valence-electron chi connectivity index (χ4n) is 1.19. The molecule has 1 heterocycles. The lowest BCUT2D eigenvalue weighted by Gasteiger charge is -2.07. The van der Waals surface area contributed by atoms with Crippen LogP contribution in [-0.4, -0.2) is 4.98 Å². The first-order valence-electron chi connectivity index (χ1n) is 4.39. The zero-order valence-corrected chi connectivity index (χ0v) is 10.1. The molecule has 0 aliphatic rings. The van der Waals surface area contributed by atoms with E-state index in [1.54, 1.807) is 12.3 Å². The predicted molar refractivity (Wildman–Crippen MR) is 66.7 cm³/mol. The minimum atomic E-state index is 0.469. The van der Waals surface area contributed by atoms with Crippen LogP contribution in [0.5, 0.6) is 0 Å². The molecule has 0 radical (unpaired) electrons. The third kappa shape index (κ3) is 2.70. The second-order valence-electron chi connectivity index (χ2n) is 2.98. The van der Waals surface area contributed by atoms with Gasteiger partial charge in [-0.1, -0.05) is 29.8 Å². The van der Waals surface area contributed by atoms with Crippen LogP contribution in [0.4, 0.5) is 11.4 Å². The summed E-state index contributed by atoms with van der Waals surface area (Å²) < 4.78 is 0.885. The van der Waals surface area contributed by atoms with Gasteiger partial charge in [0.15, 0.2) is 0 Å². The van der Waals surface area contributed by atoms with Crippen LogP contribution in [0.1, 0.15) is 0 Å². The van der Waals surface area contributed by atoms with Crippen LogP contribution in [0.2, 0.25) is 5.15 Å². The van der Waals surface area contributed by atoms with Crippen LogP contribution in [0.25, 0.3) is 0 Å². The second kappa shape index (κ2) is 4.64. The molecule has 2 nitrogen and oxygen atoms in total. The minimum absolute atomic E-state index is 0.469. The molecule has 0 amide bonds. The van der Waals surface area contributed by atoms with Crippen molar-refractivity contribution < 1.29 is 0 Å². The zero-order valence-electron chi connectivity index (χ0n) is 7.74. The zero-order chi connectivity index (χ0) is 10.7. The molecule has 1 aromatic heterocycles. The molecule has 0 unspecified atom stereocenters. The van der Waals surface area contributed by atoms with Crippen molar-refractivity contribution in [2.24, 2.45) is 0 Å². The average molecular weight is 284 g/mol. The standard InChI is InChI=1S/C11H8BrClN2/c12-9-7-14-11(13)6-10(9)15-8-4-2-1-3-5-8/h1-7H,(H,14,15). The van der Waals surface area contributed by atoms with Gasteiger partial charge < -0.3 is 5.32 Å². The summed E-state index contributed by atoms with van der Waals surface area (Å²) in [5.74, 6) is 0. The first-order chi connectivity index (χ1) is 7.25. The van der Waals surface area contributed by atoms with Gasteiger partial charge in [-0.2, -0.15) is 0 Å². The number of benzene rings is 1. The van der Waals surface area contributed by atoms with E-state index < -0.39 is 0 Å². The summed E-state index contributed by atoms with van der Waals surface area (Å²) in [6, 6.07) is 11.7. The van der Waals surface area contributed by atoms with E-state index in [0.717, 1.165) is 15.8 Å². The van der Waals surface area contributed by atoms with Crippen molar-refractivity contribution >= 4 is 38.9 Å². The van der Waals surface area contributed by atoms with Gasteiger partial charge in [0.1, 0.15) is 5.15 Å². The summed E-state index contributed by atoms with van der Waals surface area (Å²) >= 11 is 9.22. The number of aromatic nitrogens is 1. The highest BCUT2D eigenvalue weighted by molar-refractivity contribution is 9.10. The van der Waals surface area contributed by atoms with Crippen molar-refractivity contribution in [2.45, 2.75) is 0 Å². The second-order valence-corrected chi connectivity index (χ2v) is 4.22. The number of hydrogen-bond acceptors (Lipinski definition) is 2. The van der Waals surface area contributed by atoms with Crippen LogP contribution in [0.3, 0.4) is 0 Å². The van der Waals surface area contributed by atoms with Gasteiger partial charge in [0.25, 0.3) is 0 Å². The van der Waals surface area contributed by atoms with Crippen molar-refractivity contribution in [3.05, 3.63) is 52.2 Å². The summed E-state index contributed by atoms with van der Waals surface area (Å²) in [4.78, 5) is 3.96. The Kier molecular flexibility index (Phi) is 3.23. The topological polar surface area (TPSA) is 24.9 Å². The Morgan fingerprint density at radius 2 is 1.93 bits per heavy atom. The van der Waals surface area contributed by atoms with Gasteiger partial charge in [-0.05, 0) is 28.1 Å². The molecule has 0 fully saturated rings. The van der Waals surface area contributed by atoms with E-state index in [4.69, 9.17) is 11.6 Å². The normalized spacial score (nSPS) is 10.0. The first kappa shape index (κ1) is 10.5. The Labute approximate surface area is 101 Å². The quantitative estimate of drug-likeness (QED) is 0.834. The summed E-state index contributed by atoms with van der Waals surface area (Å²) in [5, 5.41) is 3.71. The van der Waals surface area contributed by atoms with Crippen LogP contribution in [-0.2, 0) is 0 Å². The maximum absolute atomic E-state index is 5.81. The van der Waals surface area contributed by atoms with Crippen LogP contribution in [0.15, 0.2) is 47.1 Å². The predicted octanol–water partition coefficient (Wildman–Crippen LogP) is 4.24. The molecule has 0 spiro atoms. The molecule has 0 aliphatic heterocycles. The monoisotopic (exact) mass is 282 g/mol. The molecule has 0 saturated heterocycles. The Morgan fingerprint density at radius 3 is 2.67 bits per heavy atom.